The third-order valence-electron chi connectivity index (χ3n) is 11.0. The van der Waals surface area contributed by atoms with E-state index in [0.29, 0.717) is 54.8 Å². The van der Waals surface area contributed by atoms with Crippen molar-refractivity contribution in [2.45, 2.75) is 94.2 Å². The first-order valence-electron chi connectivity index (χ1n) is 15.1. The quantitative estimate of drug-likeness (QED) is 0.301. The molecule has 2 aliphatic carbocycles. The van der Waals surface area contributed by atoms with Gasteiger partial charge in [-0.25, -0.2) is 9.37 Å². The molecule has 43 heavy (non-hydrogen) atoms. The number of nitrogens with one attached hydrogen (secondary N) is 3. The molecule has 0 unspecified atom stereocenters. The van der Waals surface area contributed by atoms with E-state index in [4.69, 9.17) is 23.2 Å². The molecule has 4 aliphatic rings. The van der Waals surface area contributed by atoms with Gasteiger partial charge in [0.1, 0.15) is 5.41 Å². The Hall–Kier alpha value is -2.30. The zero-order valence-corrected chi connectivity index (χ0v) is 26.0. The van der Waals surface area contributed by atoms with Crippen LogP contribution in [0.5, 0.6) is 0 Å². The van der Waals surface area contributed by atoms with Gasteiger partial charge in [0.25, 0.3) is 0 Å². The average Bonchev–Trinajstić information content (AvgIpc) is 3.44. The molecule has 6 rings (SSSR count). The molecule has 1 saturated heterocycles. The number of pyridine rings is 1. The van der Waals surface area contributed by atoms with Crippen LogP contribution < -0.4 is 16.0 Å². The molecule has 3 fully saturated rings. The van der Waals surface area contributed by atoms with Crippen LogP contribution in [0, 0.1) is 16.6 Å². The Morgan fingerprint density at radius 3 is 2.40 bits per heavy atom. The van der Waals surface area contributed by atoms with Crippen molar-refractivity contribution in [3.63, 3.8) is 0 Å². The molecule has 1 aromatic heterocycles. The van der Waals surface area contributed by atoms with Crippen LogP contribution in [0.2, 0.25) is 10.2 Å². The van der Waals surface area contributed by atoms with Gasteiger partial charge in [-0.2, -0.15) is 0 Å². The number of fused-ring (bicyclic) bond motifs is 3. The van der Waals surface area contributed by atoms with Crippen molar-refractivity contribution in [3.8, 4) is 0 Å². The summed E-state index contributed by atoms with van der Waals surface area (Å²) in [5, 5.41) is 29.8. The van der Waals surface area contributed by atoms with E-state index in [2.05, 4.69) is 34.8 Å². The zero-order chi connectivity index (χ0) is 30.8. The standard InChI is InChI=1S/C32H39Cl2FN4O4/c1-29(2)10-12-31(13-11-29)32(21-4-3-18(33)15-22(21)38-28(32)43)23(20-7-14-36-26(34)24(20)35)25(39-31)27(42)37-19-5-8-30(16-40,17-41)9-6-19/h3-4,7,14-15,19,23,25,39-41H,5-6,8-13,16-17H2,1-2H3,(H,37,42)(H,38,43)/t23-,25+,32+/m0/s1. The lowest BCUT2D eigenvalue weighted by atomic mass is 9.53. The van der Waals surface area contributed by atoms with E-state index in [1.165, 1.54) is 12.3 Å². The van der Waals surface area contributed by atoms with Crippen LogP contribution in [-0.4, -0.2) is 57.8 Å². The lowest BCUT2D eigenvalue weighted by Crippen LogP contribution is -2.61. The first kappa shape index (κ1) is 30.7. The normalized spacial score (nSPS) is 29.0. The maximum absolute atomic E-state index is 16.0. The smallest absolute Gasteiger partial charge is 0.238 e. The van der Waals surface area contributed by atoms with Crippen LogP contribution >= 0.6 is 23.2 Å². The number of hydrogen-bond donors (Lipinski definition) is 5. The van der Waals surface area contributed by atoms with Gasteiger partial charge in [0, 0.05) is 39.8 Å². The summed E-state index contributed by atoms with van der Waals surface area (Å²) >= 11 is 12.6. The van der Waals surface area contributed by atoms with Crippen LogP contribution in [0.4, 0.5) is 10.1 Å². The highest BCUT2D eigenvalue weighted by molar-refractivity contribution is 6.31. The third kappa shape index (κ3) is 4.78. The van der Waals surface area contributed by atoms with Crippen LogP contribution in [0.25, 0.3) is 0 Å². The van der Waals surface area contributed by atoms with Gasteiger partial charge in [-0.15, -0.1) is 0 Å². The number of hydrogen-bond acceptors (Lipinski definition) is 6. The summed E-state index contributed by atoms with van der Waals surface area (Å²) in [5.41, 5.74) is -1.27. The molecule has 1 aromatic carbocycles. The van der Waals surface area contributed by atoms with E-state index in [0.717, 1.165) is 12.8 Å². The van der Waals surface area contributed by atoms with Crippen molar-refractivity contribution in [2.75, 3.05) is 18.5 Å². The molecule has 5 N–H and O–H groups in total. The predicted octanol–water partition coefficient (Wildman–Crippen LogP) is 4.84. The number of rotatable bonds is 5. The molecule has 3 atom stereocenters. The molecule has 2 aliphatic heterocycles. The van der Waals surface area contributed by atoms with E-state index >= 15 is 4.39 Å². The number of benzene rings is 1. The Morgan fingerprint density at radius 2 is 1.74 bits per heavy atom. The molecule has 232 valence electrons. The molecule has 11 heteroatoms. The fourth-order valence-corrected chi connectivity index (χ4v) is 8.70. The molecule has 2 spiro atoms. The highest BCUT2D eigenvalue weighted by Gasteiger charge is 2.73. The Morgan fingerprint density at radius 1 is 1.07 bits per heavy atom. The molecule has 8 nitrogen and oxygen atoms in total. The van der Waals surface area contributed by atoms with Gasteiger partial charge in [-0.1, -0.05) is 43.1 Å². The maximum Gasteiger partial charge on any atom is 0.238 e. The lowest BCUT2D eigenvalue weighted by Gasteiger charge is -2.50. The molecule has 0 bridgehead atoms. The van der Waals surface area contributed by atoms with E-state index in [9.17, 15) is 19.8 Å². The second-order valence-corrected chi connectivity index (χ2v) is 14.7. The summed E-state index contributed by atoms with van der Waals surface area (Å²) in [6, 6.07) is 5.66. The van der Waals surface area contributed by atoms with Crippen LogP contribution in [-0.2, 0) is 15.0 Å². The van der Waals surface area contributed by atoms with Crippen molar-refractivity contribution < 1.29 is 24.2 Å². The fraction of sp³-hybridized carbons (Fsp3) is 0.594. The minimum absolute atomic E-state index is 0.0428. The Labute approximate surface area is 261 Å². The van der Waals surface area contributed by atoms with E-state index in [1.54, 1.807) is 12.1 Å². The molecule has 3 heterocycles. The number of halogens is 3. The average molecular weight is 634 g/mol. The number of carbonyl (C=O) groups excluding carboxylic acids is 2. The monoisotopic (exact) mass is 632 g/mol. The van der Waals surface area contributed by atoms with Gasteiger partial charge < -0.3 is 20.8 Å². The first-order valence-corrected chi connectivity index (χ1v) is 15.9. The summed E-state index contributed by atoms with van der Waals surface area (Å²) in [4.78, 5) is 32.8. The number of amides is 2. The number of aliphatic hydroxyl groups excluding tert-OH is 2. The van der Waals surface area contributed by atoms with E-state index < -0.39 is 34.1 Å². The van der Waals surface area contributed by atoms with Crippen LogP contribution in [0.3, 0.4) is 0 Å². The largest absolute Gasteiger partial charge is 0.396 e. The van der Waals surface area contributed by atoms with Crippen molar-refractivity contribution in [2.24, 2.45) is 10.8 Å². The van der Waals surface area contributed by atoms with Gasteiger partial charge in [0.2, 0.25) is 11.8 Å². The SMILES string of the molecule is CC1(C)CCC2(CC1)N[C@@H](C(=O)NC1CCC(CO)(CO)CC1)[C@H](c1ccnc(Cl)c1F)[C@]21C(=O)Nc2cc(Cl)ccc21. The van der Waals surface area contributed by atoms with Gasteiger partial charge in [-0.3, -0.25) is 14.9 Å². The Kier molecular flexibility index (Phi) is 7.82. The van der Waals surface area contributed by atoms with Crippen molar-refractivity contribution in [1.29, 1.82) is 0 Å². The van der Waals surface area contributed by atoms with Gasteiger partial charge in [0.05, 0.1) is 19.3 Å². The van der Waals surface area contributed by atoms with Gasteiger partial charge in [0.15, 0.2) is 11.0 Å². The summed E-state index contributed by atoms with van der Waals surface area (Å²) in [5.74, 6) is -2.30. The highest BCUT2D eigenvalue weighted by Crippen LogP contribution is 2.64. The van der Waals surface area contributed by atoms with E-state index in [1.807, 2.05) is 6.07 Å². The topological polar surface area (TPSA) is 124 Å². The van der Waals surface area contributed by atoms with Crippen molar-refractivity contribution >= 4 is 40.7 Å². The number of aliphatic hydroxyl groups is 2. The summed E-state index contributed by atoms with van der Waals surface area (Å²) < 4.78 is 16.0. The van der Waals surface area contributed by atoms with Crippen molar-refractivity contribution in [1.82, 2.24) is 15.6 Å². The zero-order valence-electron chi connectivity index (χ0n) is 24.5. The fourth-order valence-electron chi connectivity index (χ4n) is 8.36. The Balaban J connectivity index is 1.48. The molecular weight excluding hydrogens is 594 g/mol. The number of carbonyl (C=O) groups is 2. The summed E-state index contributed by atoms with van der Waals surface area (Å²) in [7, 11) is 0. The van der Waals surface area contributed by atoms with Crippen LogP contribution in [0.15, 0.2) is 30.5 Å². The number of anilines is 1. The molecular formula is C32H39Cl2FN4O4. The second kappa shape index (κ2) is 10.9. The lowest BCUT2D eigenvalue weighted by molar-refractivity contribution is -0.125. The van der Waals surface area contributed by atoms with Crippen molar-refractivity contribution in [3.05, 3.63) is 57.6 Å². The highest BCUT2D eigenvalue weighted by atomic mass is 35.5. The minimum atomic E-state index is -1.33. The van der Waals surface area contributed by atoms with Gasteiger partial charge in [-0.05, 0) is 86.1 Å². The first-order chi connectivity index (χ1) is 20.4. The predicted molar refractivity (Wildman–Crippen MR) is 163 cm³/mol. The van der Waals surface area contributed by atoms with Gasteiger partial charge >= 0.3 is 0 Å². The molecule has 2 saturated carbocycles. The maximum atomic E-state index is 16.0. The second-order valence-electron chi connectivity index (χ2n) is 13.9. The minimum Gasteiger partial charge on any atom is -0.396 e. The summed E-state index contributed by atoms with van der Waals surface area (Å²) in [6.45, 7) is 4.18. The third-order valence-corrected chi connectivity index (χ3v) is 11.5. The molecule has 2 amide bonds. The van der Waals surface area contributed by atoms with Crippen LogP contribution in [0.1, 0.15) is 82.3 Å². The number of nitrogens with zero attached hydrogens (tertiary/aromatic N) is 1. The Bertz CT molecular complexity index is 1430. The molecule has 0 radical (unpaired) electrons. The van der Waals surface area contributed by atoms with E-state index in [-0.39, 0.29) is 47.2 Å². The summed E-state index contributed by atoms with van der Waals surface area (Å²) in [6.07, 6.45) is 6.57. The molecule has 2 aromatic rings. The number of aromatic nitrogens is 1.